The Morgan fingerprint density at radius 1 is 1.31 bits per heavy atom. The minimum atomic E-state index is -1.10. The highest BCUT2D eigenvalue weighted by Gasteiger charge is 2.24. The van der Waals surface area contributed by atoms with Gasteiger partial charge in [-0.15, -0.1) is 0 Å². The van der Waals surface area contributed by atoms with Gasteiger partial charge in [-0.2, -0.15) is 5.26 Å². The minimum Gasteiger partial charge on any atom is -0.472 e. The van der Waals surface area contributed by atoms with Crippen LogP contribution in [0.2, 0.25) is 0 Å². The number of piperidine rings is 1. The number of pyridine rings is 1. The summed E-state index contributed by atoms with van der Waals surface area (Å²) in [4.78, 5) is 25.2. The largest absolute Gasteiger partial charge is 0.472 e. The summed E-state index contributed by atoms with van der Waals surface area (Å²) in [7, 11) is 1.68. The van der Waals surface area contributed by atoms with Crippen LogP contribution in [0.3, 0.4) is 0 Å². The van der Waals surface area contributed by atoms with Gasteiger partial charge in [0, 0.05) is 37.9 Å². The molecule has 0 amide bonds. The molecule has 1 aromatic heterocycles. The molecule has 2 aromatic rings. The maximum Gasteiger partial charge on any atom is 0.381 e. The Labute approximate surface area is 151 Å². The van der Waals surface area contributed by atoms with Gasteiger partial charge in [0.25, 0.3) is 5.56 Å². The van der Waals surface area contributed by atoms with E-state index >= 15 is 0 Å². The van der Waals surface area contributed by atoms with Crippen LogP contribution in [0.25, 0.3) is 10.9 Å². The van der Waals surface area contributed by atoms with E-state index in [9.17, 15) is 14.9 Å². The molecule has 1 N–H and O–H groups in total. The zero-order valence-electron chi connectivity index (χ0n) is 14.5. The van der Waals surface area contributed by atoms with Crippen molar-refractivity contribution in [2.75, 3.05) is 18.0 Å². The maximum absolute atomic E-state index is 12.6. The summed E-state index contributed by atoms with van der Waals surface area (Å²) in [5.74, 6) is 4.09. The molecule has 2 heterocycles. The summed E-state index contributed by atoms with van der Waals surface area (Å²) < 4.78 is 1.52. The number of carbonyl (C=O) groups is 1. The zero-order valence-corrected chi connectivity index (χ0v) is 14.5. The van der Waals surface area contributed by atoms with Crippen LogP contribution in [0.4, 0.5) is 5.69 Å². The van der Waals surface area contributed by atoms with E-state index in [1.165, 1.54) is 4.57 Å². The molecule has 6 heteroatoms. The van der Waals surface area contributed by atoms with Crippen molar-refractivity contribution in [2.24, 2.45) is 13.0 Å². The van der Waals surface area contributed by atoms with E-state index in [-0.39, 0.29) is 11.1 Å². The molecule has 3 rings (SSSR count). The first kappa shape index (κ1) is 17.6. The van der Waals surface area contributed by atoms with E-state index < -0.39 is 5.97 Å². The van der Waals surface area contributed by atoms with Gasteiger partial charge in [-0.3, -0.25) is 4.79 Å². The quantitative estimate of drug-likeness (QED) is 0.839. The van der Waals surface area contributed by atoms with Crippen LogP contribution in [0.5, 0.6) is 0 Å². The van der Waals surface area contributed by atoms with E-state index in [0.29, 0.717) is 31.1 Å². The van der Waals surface area contributed by atoms with Gasteiger partial charge in [-0.25, -0.2) is 4.79 Å². The average molecular weight is 349 g/mol. The number of para-hydroxylation sites is 1. The van der Waals surface area contributed by atoms with Gasteiger partial charge >= 0.3 is 5.97 Å². The standard InChI is InChI=1S/C20H19N3O3/c1-22-17-7-3-2-6-15(17)19(16(13-21)20(22)26)23-11-9-14(10-12-23)5-4-8-18(24)25/h2-3,6-7,14H,5,9-12H2,1H3,(H,24,25). The number of aromatic nitrogens is 1. The van der Waals surface area contributed by atoms with Crippen molar-refractivity contribution < 1.29 is 9.90 Å². The Bertz CT molecular complexity index is 1010. The van der Waals surface area contributed by atoms with Gasteiger partial charge in [-0.1, -0.05) is 24.1 Å². The van der Waals surface area contributed by atoms with Crippen LogP contribution in [0.1, 0.15) is 24.8 Å². The second-order valence-corrected chi connectivity index (χ2v) is 6.46. The van der Waals surface area contributed by atoms with Crippen molar-refractivity contribution in [3.05, 3.63) is 40.2 Å². The lowest BCUT2D eigenvalue weighted by molar-refractivity contribution is -0.130. The predicted molar refractivity (Wildman–Crippen MR) is 98.9 cm³/mol. The molecule has 1 fully saturated rings. The molecule has 0 saturated carbocycles. The molecular formula is C20H19N3O3. The molecule has 132 valence electrons. The topological polar surface area (TPSA) is 86.3 Å². The van der Waals surface area contributed by atoms with Crippen LogP contribution in [-0.2, 0) is 11.8 Å². The highest BCUT2D eigenvalue weighted by Crippen LogP contribution is 2.32. The van der Waals surface area contributed by atoms with Gasteiger partial charge in [0.2, 0.25) is 0 Å². The Morgan fingerprint density at radius 2 is 2.00 bits per heavy atom. The summed E-state index contributed by atoms with van der Waals surface area (Å²) in [6.07, 6.45) is 2.26. The van der Waals surface area contributed by atoms with Crippen molar-refractivity contribution in [2.45, 2.75) is 19.3 Å². The molecule has 0 atom stereocenters. The number of carboxylic acids is 1. The van der Waals surface area contributed by atoms with Gasteiger partial charge in [-0.05, 0) is 24.8 Å². The molecule has 1 aromatic carbocycles. The lowest BCUT2D eigenvalue weighted by Crippen LogP contribution is -2.36. The normalized spacial score (nSPS) is 14.5. The van der Waals surface area contributed by atoms with Gasteiger partial charge < -0.3 is 14.6 Å². The number of hydrogen-bond acceptors (Lipinski definition) is 4. The Balaban J connectivity index is 1.92. The number of rotatable bonds is 2. The maximum atomic E-state index is 12.6. The summed E-state index contributed by atoms with van der Waals surface area (Å²) in [6.45, 7) is 1.43. The number of anilines is 1. The summed E-state index contributed by atoms with van der Waals surface area (Å²) >= 11 is 0. The number of aryl methyl sites for hydroxylation is 1. The molecule has 1 aliphatic heterocycles. The smallest absolute Gasteiger partial charge is 0.381 e. The van der Waals surface area contributed by atoms with E-state index in [1.54, 1.807) is 7.05 Å². The van der Waals surface area contributed by atoms with Gasteiger partial charge in [0.15, 0.2) is 0 Å². The molecule has 0 bridgehead atoms. The first-order valence-corrected chi connectivity index (χ1v) is 8.51. The summed E-state index contributed by atoms with van der Waals surface area (Å²) in [5, 5.41) is 19.1. The number of hydrogen-bond donors (Lipinski definition) is 1. The fourth-order valence-electron chi connectivity index (χ4n) is 3.54. The van der Waals surface area contributed by atoms with Crippen LogP contribution in [0.15, 0.2) is 29.1 Å². The van der Waals surface area contributed by atoms with Crippen LogP contribution in [-0.4, -0.2) is 28.7 Å². The first-order chi connectivity index (χ1) is 12.5. The predicted octanol–water partition coefficient (Wildman–Crippen LogP) is 2.10. The lowest BCUT2D eigenvalue weighted by atomic mass is 9.93. The molecular weight excluding hydrogens is 330 g/mol. The third-order valence-corrected chi connectivity index (χ3v) is 4.90. The monoisotopic (exact) mass is 349 g/mol. The minimum absolute atomic E-state index is 0.176. The third kappa shape index (κ3) is 3.27. The molecule has 26 heavy (non-hydrogen) atoms. The second-order valence-electron chi connectivity index (χ2n) is 6.46. The number of aliphatic carboxylic acids is 1. The third-order valence-electron chi connectivity index (χ3n) is 4.90. The molecule has 0 spiro atoms. The highest BCUT2D eigenvalue weighted by molar-refractivity contribution is 5.94. The first-order valence-electron chi connectivity index (χ1n) is 8.51. The Hall–Kier alpha value is -3.25. The Morgan fingerprint density at radius 3 is 2.65 bits per heavy atom. The lowest BCUT2D eigenvalue weighted by Gasteiger charge is -2.34. The second kappa shape index (κ2) is 7.33. The van der Waals surface area contributed by atoms with E-state index in [1.807, 2.05) is 24.3 Å². The zero-order chi connectivity index (χ0) is 18.7. The van der Waals surface area contributed by atoms with E-state index in [0.717, 1.165) is 23.7 Å². The van der Waals surface area contributed by atoms with Crippen LogP contribution in [0, 0.1) is 29.1 Å². The summed E-state index contributed by atoms with van der Waals surface area (Å²) in [5.41, 5.74) is 1.41. The molecule has 6 nitrogen and oxygen atoms in total. The average Bonchev–Trinajstić information content (AvgIpc) is 2.65. The van der Waals surface area contributed by atoms with E-state index in [2.05, 4.69) is 22.8 Å². The number of benzene rings is 1. The highest BCUT2D eigenvalue weighted by atomic mass is 16.4. The van der Waals surface area contributed by atoms with Crippen molar-refractivity contribution in [3.63, 3.8) is 0 Å². The van der Waals surface area contributed by atoms with Crippen molar-refractivity contribution in [1.82, 2.24) is 4.57 Å². The van der Waals surface area contributed by atoms with Gasteiger partial charge in [0.1, 0.15) is 11.6 Å². The SMILES string of the molecule is Cn1c(=O)c(C#N)c(N2CCC(CC#CC(=O)O)CC2)c2ccccc21. The molecule has 0 aliphatic carbocycles. The van der Waals surface area contributed by atoms with Gasteiger partial charge in [0.05, 0.1) is 11.2 Å². The summed E-state index contributed by atoms with van der Waals surface area (Å²) in [6, 6.07) is 9.70. The molecule has 1 aliphatic rings. The number of nitrogens with zero attached hydrogens (tertiary/aromatic N) is 3. The number of carboxylic acid groups (broad SMARTS) is 1. The molecule has 0 radical (unpaired) electrons. The molecule has 1 saturated heterocycles. The van der Waals surface area contributed by atoms with Crippen molar-refractivity contribution in [3.8, 4) is 17.9 Å². The molecule has 0 unspecified atom stereocenters. The fourth-order valence-corrected chi connectivity index (χ4v) is 3.54. The van der Waals surface area contributed by atoms with Crippen molar-refractivity contribution in [1.29, 1.82) is 5.26 Å². The van der Waals surface area contributed by atoms with Crippen LogP contribution >= 0.6 is 0 Å². The number of fused-ring (bicyclic) bond motifs is 1. The van der Waals surface area contributed by atoms with E-state index in [4.69, 9.17) is 5.11 Å². The van der Waals surface area contributed by atoms with Crippen LogP contribution < -0.4 is 10.5 Å². The van der Waals surface area contributed by atoms with Crippen molar-refractivity contribution >= 4 is 22.6 Å². The fraction of sp³-hybridized carbons (Fsp3) is 0.350. The Kier molecular flexibility index (Phi) is 4.95. The number of nitriles is 1.